The molecule has 0 aromatic heterocycles. The van der Waals surface area contributed by atoms with Gasteiger partial charge in [-0.3, -0.25) is 14.5 Å². The zero-order valence-corrected chi connectivity index (χ0v) is 13.5. The lowest BCUT2D eigenvalue weighted by atomic mass is 10.0. The van der Waals surface area contributed by atoms with Crippen LogP contribution < -0.4 is 16.0 Å². The average Bonchev–Trinajstić information content (AvgIpc) is 3.19. The van der Waals surface area contributed by atoms with Gasteiger partial charge in [0.2, 0.25) is 11.8 Å². The number of rotatable bonds is 6. The molecule has 2 heterocycles. The Labute approximate surface area is 140 Å². The van der Waals surface area contributed by atoms with Crippen LogP contribution >= 0.6 is 0 Å². The summed E-state index contributed by atoms with van der Waals surface area (Å²) in [6.07, 6.45) is 2.53. The number of benzene rings is 1. The molecule has 1 unspecified atom stereocenters. The third-order valence-electron chi connectivity index (χ3n) is 4.43. The van der Waals surface area contributed by atoms with E-state index in [1.54, 1.807) is 6.07 Å². The van der Waals surface area contributed by atoms with E-state index in [-0.39, 0.29) is 30.9 Å². The largest absolute Gasteiger partial charge is 0.329 e. The number of amides is 4. The Bertz CT molecular complexity index is 624. The summed E-state index contributed by atoms with van der Waals surface area (Å²) in [6, 6.07) is 6.88. The molecule has 0 spiro atoms. The molecule has 0 aliphatic carbocycles. The van der Waals surface area contributed by atoms with E-state index < -0.39 is 0 Å². The van der Waals surface area contributed by atoms with Gasteiger partial charge in [0.15, 0.2) is 0 Å². The quantitative estimate of drug-likeness (QED) is 0.681. The molecular weight excluding hydrogens is 308 g/mol. The predicted octanol–water partition coefficient (Wildman–Crippen LogP) is 1.07. The first kappa shape index (κ1) is 16.4. The molecule has 3 N–H and O–H groups in total. The van der Waals surface area contributed by atoms with Crippen molar-refractivity contribution in [2.45, 2.75) is 25.8 Å². The van der Waals surface area contributed by atoms with E-state index in [1.807, 2.05) is 18.2 Å². The van der Waals surface area contributed by atoms with Gasteiger partial charge in [-0.05, 0) is 49.5 Å². The first-order valence-electron chi connectivity index (χ1n) is 8.29. The molecule has 2 fully saturated rings. The molecule has 7 nitrogen and oxygen atoms in total. The molecule has 0 saturated carbocycles. The van der Waals surface area contributed by atoms with Crippen molar-refractivity contribution in [3.05, 3.63) is 29.8 Å². The number of hydrogen-bond acceptors (Lipinski definition) is 4. The fourth-order valence-corrected chi connectivity index (χ4v) is 3.06. The van der Waals surface area contributed by atoms with Crippen molar-refractivity contribution < 1.29 is 14.4 Å². The Hall–Kier alpha value is -2.41. The number of urea groups is 1. The second kappa shape index (κ2) is 7.44. The second-order valence-electron chi connectivity index (χ2n) is 6.28. The summed E-state index contributed by atoms with van der Waals surface area (Å²) in [6.45, 7) is 2.29. The highest BCUT2D eigenvalue weighted by Crippen LogP contribution is 2.17. The number of nitrogens with one attached hydrogen (secondary N) is 3. The van der Waals surface area contributed by atoms with Crippen LogP contribution in [0.3, 0.4) is 0 Å². The van der Waals surface area contributed by atoms with E-state index in [1.165, 1.54) is 4.90 Å². The monoisotopic (exact) mass is 330 g/mol. The van der Waals surface area contributed by atoms with Gasteiger partial charge in [0.1, 0.15) is 0 Å². The van der Waals surface area contributed by atoms with Gasteiger partial charge in [-0.25, -0.2) is 4.79 Å². The van der Waals surface area contributed by atoms with Crippen LogP contribution in [0.1, 0.15) is 24.8 Å². The lowest BCUT2D eigenvalue weighted by Gasteiger charge is -2.13. The van der Waals surface area contributed by atoms with Crippen LogP contribution in [0.25, 0.3) is 0 Å². The van der Waals surface area contributed by atoms with Crippen LogP contribution in [0.5, 0.6) is 0 Å². The maximum atomic E-state index is 12.1. The van der Waals surface area contributed by atoms with Crippen LogP contribution in [0.15, 0.2) is 24.3 Å². The Kier molecular flexibility index (Phi) is 5.10. The van der Waals surface area contributed by atoms with E-state index in [2.05, 4.69) is 16.0 Å². The van der Waals surface area contributed by atoms with Crippen LogP contribution in [0.4, 0.5) is 10.5 Å². The SMILES string of the molecule is O=C(CCC1CCNC1)Nc1cccc(CN2C(=O)CNC2=O)c1. The minimum Gasteiger partial charge on any atom is -0.329 e. The predicted molar refractivity (Wildman–Crippen MR) is 89.2 cm³/mol. The molecule has 128 valence electrons. The topological polar surface area (TPSA) is 90.5 Å². The zero-order valence-electron chi connectivity index (χ0n) is 13.5. The highest BCUT2D eigenvalue weighted by Gasteiger charge is 2.28. The van der Waals surface area contributed by atoms with E-state index in [9.17, 15) is 14.4 Å². The molecule has 2 aliphatic rings. The molecule has 1 aromatic carbocycles. The molecular formula is C17H22N4O3. The van der Waals surface area contributed by atoms with Gasteiger partial charge < -0.3 is 16.0 Å². The van der Waals surface area contributed by atoms with Crippen molar-refractivity contribution in [2.75, 3.05) is 25.0 Å². The standard InChI is InChI=1S/C17H22N4O3/c22-15(5-4-12-6-7-18-9-12)20-14-3-1-2-13(8-14)11-21-16(23)10-19-17(21)24/h1-3,8,12,18H,4-7,9-11H2,(H,19,24)(H,20,22). The van der Waals surface area contributed by atoms with Crippen LogP contribution in [-0.2, 0) is 16.1 Å². The Morgan fingerprint density at radius 3 is 2.92 bits per heavy atom. The van der Waals surface area contributed by atoms with Crippen molar-refractivity contribution in [1.29, 1.82) is 0 Å². The van der Waals surface area contributed by atoms with Gasteiger partial charge in [-0.2, -0.15) is 0 Å². The van der Waals surface area contributed by atoms with E-state index in [0.29, 0.717) is 18.0 Å². The van der Waals surface area contributed by atoms with Gasteiger partial charge in [0.05, 0.1) is 13.1 Å². The fourth-order valence-electron chi connectivity index (χ4n) is 3.06. The summed E-state index contributed by atoms with van der Waals surface area (Å²) in [5, 5.41) is 8.68. The van der Waals surface area contributed by atoms with Gasteiger partial charge >= 0.3 is 6.03 Å². The summed E-state index contributed by atoms with van der Waals surface area (Å²) < 4.78 is 0. The van der Waals surface area contributed by atoms with Crippen molar-refractivity contribution in [2.24, 2.45) is 5.92 Å². The molecule has 3 rings (SSSR count). The second-order valence-corrected chi connectivity index (χ2v) is 6.28. The lowest BCUT2D eigenvalue weighted by molar-refractivity contribution is -0.125. The molecule has 1 atom stereocenters. The first-order chi connectivity index (χ1) is 11.6. The Morgan fingerprint density at radius 1 is 1.33 bits per heavy atom. The van der Waals surface area contributed by atoms with E-state index in [0.717, 1.165) is 31.5 Å². The number of carbonyl (C=O) groups is 3. The Balaban J connectivity index is 1.53. The van der Waals surface area contributed by atoms with Crippen LogP contribution in [0.2, 0.25) is 0 Å². The van der Waals surface area contributed by atoms with Gasteiger partial charge in [-0.1, -0.05) is 12.1 Å². The fraction of sp³-hybridized carbons (Fsp3) is 0.471. The highest BCUT2D eigenvalue weighted by molar-refractivity contribution is 6.01. The van der Waals surface area contributed by atoms with Crippen LogP contribution in [0, 0.1) is 5.92 Å². The molecule has 7 heteroatoms. The molecule has 0 radical (unpaired) electrons. The summed E-state index contributed by atoms with van der Waals surface area (Å²) in [5.41, 5.74) is 1.49. The molecule has 1 aromatic rings. The summed E-state index contributed by atoms with van der Waals surface area (Å²) in [5.74, 6) is 0.343. The van der Waals surface area contributed by atoms with E-state index >= 15 is 0 Å². The summed E-state index contributed by atoms with van der Waals surface area (Å²) in [7, 11) is 0. The molecule has 24 heavy (non-hydrogen) atoms. The van der Waals surface area contributed by atoms with Crippen molar-refractivity contribution in [3.63, 3.8) is 0 Å². The maximum Gasteiger partial charge on any atom is 0.324 e. The normalized spacial score (nSPS) is 20.3. The van der Waals surface area contributed by atoms with Crippen molar-refractivity contribution in [3.8, 4) is 0 Å². The molecule has 2 aliphatic heterocycles. The number of carbonyl (C=O) groups excluding carboxylic acids is 3. The minimum atomic E-state index is -0.375. The lowest BCUT2D eigenvalue weighted by Crippen LogP contribution is -2.30. The molecule has 0 bridgehead atoms. The number of nitrogens with zero attached hydrogens (tertiary/aromatic N) is 1. The number of imide groups is 1. The van der Waals surface area contributed by atoms with Gasteiger partial charge in [0, 0.05) is 12.1 Å². The molecule has 4 amide bonds. The number of anilines is 1. The maximum absolute atomic E-state index is 12.1. The van der Waals surface area contributed by atoms with Crippen molar-refractivity contribution in [1.82, 2.24) is 15.5 Å². The van der Waals surface area contributed by atoms with Crippen molar-refractivity contribution >= 4 is 23.5 Å². The summed E-state index contributed by atoms with van der Waals surface area (Å²) in [4.78, 5) is 36.5. The van der Waals surface area contributed by atoms with Crippen LogP contribution in [-0.4, -0.2) is 42.4 Å². The smallest absolute Gasteiger partial charge is 0.324 e. The zero-order chi connectivity index (χ0) is 16.9. The Morgan fingerprint density at radius 2 is 2.21 bits per heavy atom. The van der Waals surface area contributed by atoms with Gasteiger partial charge in [-0.15, -0.1) is 0 Å². The first-order valence-corrected chi connectivity index (χ1v) is 8.29. The average molecular weight is 330 g/mol. The van der Waals surface area contributed by atoms with E-state index in [4.69, 9.17) is 0 Å². The molecule has 2 saturated heterocycles. The highest BCUT2D eigenvalue weighted by atomic mass is 16.2. The third kappa shape index (κ3) is 4.11. The minimum absolute atomic E-state index is 0.00552. The number of hydrogen-bond donors (Lipinski definition) is 3. The van der Waals surface area contributed by atoms with Gasteiger partial charge in [0.25, 0.3) is 0 Å². The summed E-state index contributed by atoms with van der Waals surface area (Å²) >= 11 is 0. The third-order valence-corrected chi connectivity index (χ3v) is 4.43.